The summed E-state index contributed by atoms with van der Waals surface area (Å²) >= 11 is 0. The highest BCUT2D eigenvalue weighted by Crippen LogP contribution is 2.29. The molecule has 0 aliphatic carbocycles. The van der Waals surface area contributed by atoms with Crippen molar-refractivity contribution in [1.29, 1.82) is 0 Å². The maximum absolute atomic E-state index is 11.8. The smallest absolute Gasteiger partial charge is 0.262 e. The minimum Gasteiger partial charge on any atom is -0.482 e. The van der Waals surface area contributed by atoms with E-state index in [0.29, 0.717) is 17.0 Å². The lowest BCUT2D eigenvalue weighted by Crippen LogP contribution is -2.31. The third-order valence-electron chi connectivity index (χ3n) is 2.43. The van der Waals surface area contributed by atoms with Gasteiger partial charge in [0.25, 0.3) is 5.91 Å². The van der Waals surface area contributed by atoms with E-state index >= 15 is 0 Å². The Morgan fingerprint density at radius 2 is 2.18 bits per heavy atom. The molecule has 0 unspecified atom stereocenters. The second-order valence-corrected chi connectivity index (χ2v) is 4.44. The maximum atomic E-state index is 11.8. The van der Waals surface area contributed by atoms with Gasteiger partial charge in [-0.2, -0.15) is 0 Å². The first kappa shape index (κ1) is 11.6. The lowest BCUT2D eigenvalue weighted by atomic mass is 9.96. The Balaban J connectivity index is 2.37. The van der Waals surface area contributed by atoms with E-state index in [1.165, 1.54) is 19.9 Å². The van der Waals surface area contributed by atoms with Crippen LogP contribution in [0, 0.1) is 0 Å². The zero-order chi connectivity index (χ0) is 12.6. The molecular weight excluding hydrogens is 222 g/mol. The van der Waals surface area contributed by atoms with E-state index in [-0.39, 0.29) is 12.5 Å². The van der Waals surface area contributed by atoms with Gasteiger partial charge in [0.2, 0.25) is 0 Å². The molecule has 90 valence electrons. The van der Waals surface area contributed by atoms with Crippen molar-refractivity contribution in [1.82, 2.24) is 0 Å². The molecule has 1 aliphatic heterocycles. The second kappa shape index (κ2) is 3.85. The molecule has 0 saturated heterocycles. The Morgan fingerprint density at radius 1 is 1.47 bits per heavy atom. The SMILES string of the molecule is CC(C)(O)C(=O)c1ccc2c(c1)NC(=O)CO2. The van der Waals surface area contributed by atoms with Crippen molar-refractivity contribution >= 4 is 17.4 Å². The Kier molecular flexibility index (Phi) is 2.63. The average molecular weight is 235 g/mol. The van der Waals surface area contributed by atoms with E-state index in [0.717, 1.165) is 0 Å². The predicted octanol–water partition coefficient (Wildman–Crippen LogP) is 0.971. The number of ether oxygens (including phenoxy) is 1. The van der Waals surface area contributed by atoms with Crippen LogP contribution in [0.25, 0.3) is 0 Å². The fourth-order valence-electron chi connectivity index (χ4n) is 1.58. The van der Waals surface area contributed by atoms with Crippen molar-refractivity contribution in [2.45, 2.75) is 19.4 Å². The summed E-state index contributed by atoms with van der Waals surface area (Å²) in [5, 5.41) is 12.2. The van der Waals surface area contributed by atoms with Crippen LogP contribution in [0.2, 0.25) is 0 Å². The first-order valence-corrected chi connectivity index (χ1v) is 5.22. The van der Waals surface area contributed by atoms with Gasteiger partial charge in [0.05, 0.1) is 5.69 Å². The number of Topliss-reactive ketones (excluding diaryl/α,β-unsaturated/α-hetero) is 1. The molecular formula is C12H13NO4. The Bertz CT molecular complexity index is 488. The average Bonchev–Trinajstić information content (AvgIpc) is 2.25. The number of aliphatic hydroxyl groups is 1. The fourth-order valence-corrected chi connectivity index (χ4v) is 1.58. The van der Waals surface area contributed by atoms with E-state index in [2.05, 4.69) is 5.32 Å². The number of nitrogens with one attached hydrogen (secondary N) is 1. The number of carbonyl (C=O) groups excluding carboxylic acids is 2. The van der Waals surface area contributed by atoms with Crippen molar-refractivity contribution in [2.24, 2.45) is 0 Å². The minimum absolute atomic E-state index is 0.0220. The number of ketones is 1. The number of benzene rings is 1. The summed E-state index contributed by atoms with van der Waals surface area (Å²) in [5.74, 6) is -0.137. The number of hydrogen-bond acceptors (Lipinski definition) is 4. The van der Waals surface area contributed by atoms with Crippen LogP contribution in [0.15, 0.2) is 18.2 Å². The highest BCUT2D eigenvalue weighted by Gasteiger charge is 2.26. The molecule has 1 aromatic rings. The zero-order valence-corrected chi connectivity index (χ0v) is 9.61. The number of carbonyl (C=O) groups is 2. The molecule has 2 N–H and O–H groups in total. The molecule has 5 nitrogen and oxygen atoms in total. The molecule has 0 fully saturated rings. The molecule has 5 heteroatoms. The van der Waals surface area contributed by atoms with Gasteiger partial charge in [0.15, 0.2) is 12.4 Å². The summed E-state index contributed by atoms with van der Waals surface area (Å²) in [6, 6.07) is 4.68. The fraction of sp³-hybridized carbons (Fsp3) is 0.333. The normalized spacial score (nSPS) is 14.6. The summed E-state index contributed by atoms with van der Waals surface area (Å²) in [4.78, 5) is 23.0. The Morgan fingerprint density at radius 3 is 2.82 bits per heavy atom. The van der Waals surface area contributed by atoms with E-state index in [9.17, 15) is 14.7 Å². The van der Waals surface area contributed by atoms with Gasteiger partial charge in [0.1, 0.15) is 11.4 Å². The number of anilines is 1. The van der Waals surface area contributed by atoms with Gasteiger partial charge in [-0.1, -0.05) is 0 Å². The molecule has 0 bridgehead atoms. The van der Waals surface area contributed by atoms with Gasteiger partial charge in [0, 0.05) is 5.56 Å². The van der Waals surface area contributed by atoms with E-state index in [1.54, 1.807) is 12.1 Å². The molecule has 1 heterocycles. The highest BCUT2D eigenvalue weighted by atomic mass is 16.5. The molecule has 0 spiro atoms. The van der Waals surface area contributed by atoms with Gasteiger partial charge in [-0.15, -0.1) is 0 Å². The number of hydrogen-bond donors (Lipinski definition) is 2. The van der Waals surface area contributed by atoms with Gasteiger partial charge in [-0.05, 0) is 32.0 Å². The van der Waals surface area contributed by atoms with Crippen LogP contribution >= 0.6 is 0 Å². The van der Waals surface area contributed by atoms with Crippen LogP contribution in [-0.2, 0) is 4.79 Å². The molecule has 0 saturated carbocycles. The summed E-state index contributed by atoms with van der Waals surface area (Å²) in [6.07, 6.45) is 0. The van der Waals surface area contributed by atoms with Gasteiger partial charge < -0.3 is 15.2 Å². The summed E-state index contributed by atoms with van der Waals surface area (Å²) in [6.45, 7) is 2.82. The van der Waals surface area contributed by atoms with E-state index < -0.39 is 11.4 Å². The Hall–Kier alpha value is -1.88. The van der Waals surface area contributed by atoms with Crippen LogP contribution in [0.4, 0.5) is 5.69 Å². The molecule has 0 aromatic heterocycles. The molecule has 2 rings (SSSR count). The van der Waals surface area contributed by atoms with Crippen molar-refractivity contribution in [2.75, 3.05) is 11.9 Å². The van der Waals surface area contributed by atoms with Crippen LogP contribution in [0.1, 0.15) is 24.2 Å². The summed E-state index contributed by atoms with van der Waals surface area (Å²) in [5.41, 5.74) is -0.647. The van der Waals surface area contributed by atoms with Crippen LogP contribution in [-0.4, -0.2) is 29.0 Å². The van der Waals surface area contributed by atoms with Crippen molar-refractivity contribution in [3.8, 4) is 5.75 Å². The van der Waals surface area contributed by atoms with Crippen LogP contribution in [0.3, 0.4) is 0 Å². The third-order valence-corrected chi connectivity index (χ3v) is 2.43. The number of rotatable bonds is 2. The maximum Gasteiger partial charge on any atom is 0.262 e. The lowest BCUT2D eigenvalue weighted by Gasteiger charge is -2.20. The number of fused-ring (bicyclic) bond motifs is 1. The first-order chi connectivity index (χ1) is 7.88. The van der Waals surface area contributed by atoms with Crippen LogP contribution < -0.4 is 10.1 Å². The van der Waals surface area contributed by atoms with Gasteiger partial charge in [-0.3, -0.25) is 9.59 Å². The van der Waals surface area contributed by atoms with Crippen molar-refractivity contribution in [3.05, 3.63) is 23.8 Å². The number of amides is 1. The highest BCUT2D eigenvalue weighted by molar-refractivity contribution is 6.04. The molecule has 17 heavy (non-hydrogen) atoms. The van der Waals surface area contributed by atoms with Crippen molar-refractivity contribution < 1.29 is 19.4 Å². The zero-order valence-electron chi connectivity index (χ0n) is 9.61. The predicted molar refractivity (Wildman–Crippen MR) is 61.2 cm³/mol. The summed E-state index contributed by atoms with van der Waals surface area (Å²) in [7, 11) is 0. The minimum atomic E-state index is -1.44. The monoisotopic (exact) mass is 235 g/mol. The molecule has 1 aromatic carbocycles. The van der Waals surface area contributed by atoms with E-state index in [4.69, 9.17) is 4.74 Å². The quantitative estimate of drug-likeness (QED) is 0.749. The first-order valence-electron chi connectivity index (χ1n) is 5.22. The van der Waals surface area contributed by atoms with Crippen molar-refractivity contribution in [3.63, 3.8) is 0 Å². The topological polar surface area (TPSA) is 75.6 Å². The van der Waals surface area contributed by atoms with E-state index in [1.807, 2.05) is 0 Å². The largest absolute Gasteiger partial charge is 0.482 e. The van der Waals surface area contributed by atoms with Gasteiger partial charge in [-0.25, -0.2) is 0 Å². The standard InChI is InChI=1S/C12H13NO4/c1-12(2,16)11(15)7-3-4-9-8(5-7)13-10(14)6-17-9/h3-5,16H,6H2,1-2H3,(H,13,14). The van der Waals surface area contributed by atoms with Crippen LogP contribution in [0.5, 0.6) is 5.75 Å². The summed E-state index contributed by atoms with van der Waals surface area (Å²) < 4.78 is 5.17. The molecule has 0 radical (unpaired) electrons. The molecule has 0 atom stereocenters. The van der Waals surface area contributed by atoms with Gasteiger partial charge >= 0.3 is 0 Å². The lowest BCUT2D eigenvalue weighted by molar-refractivity contribution is -0.118. The molecule has 1 aliphatic rings. The molecule has 1 amide bonds. The third kappa shape index (κ3) is 2.29. The Labute approximate surface area is 98.4 Å². The second-order valence-electron chi connectivity index (χ2n) is 4.44.